The first-order valence-electron chi connectivity index (χ1n) is 10.1. The van der Waals surface area contributed by atoms with Crippen molar-refractivity contribution in [3.05, 3.63) is 35.4 Å². The molecule has 0 radical (unpaired) electrons. The first-order chi connectivity index (χ1) is 14.4. The van der Waals surface area contributed by atoms with Gasteiger partial charge in [-0.1, -0.05) is 24.3 Å². The minimum absolute atomic E-state index is 0.0904. The van der Waals surface area contributed by atoms with E-state index in [1.54, 1.807) is 18.5 Å². The van der Waals surface area contributed by atoms with Gasteiger partial charge in [0.2, 0.25) is 0 Å². The smallest absolute Gasteiger partial charge is 0.348 e. The van der Waals surface area contributed by atoms with Gasteiger partial charge in [-0.2, -0.15) is 0 Å². The molecule has 30 heavy (non-hydrogen) atoms. The third kappa shape index (κ3) is 3.49. The molecular weight excluding hydrogens is 386 g/mol. The summed E-state index contributed by atoms with van der Waals surface area (Å²) in [5, 5.41) is 0. The van der Waals surface area contributed by atoms with Crippen molar-refractivity contribution in [2.24, 2.45) is 4.99 Å². The lowest BCUT2D eigenvalue weighted by Crippen LogP contribution is -2.62. The normalized spacial score (nSPS) is 21.6. The van der Waals surface area contributed by atoms with Gasteiger partial charge < -0.3 is 4.74 Å². The number of imide groups is 1. The van der Waals surface area contributed by atoms with Crippen LogP contribution in [-0.2, 0) is 27.3 Å². The number of urea groups is 1. The number of esters is 1. The van der Waals surface area contributed by atoms with Gasteiger partial charge in [-0.3, -0.25) is 19.5 Å². The van der Waals surface area contributed by atoms with Crippen molar-refractivity contribution in [3.63, 3.8) is 0 Å². The lowest BCUT2D eigenvalue weighted by molar-refractivity contribution is -0.527. The molecule has 0 bridgehead atoms. The summed E-state index contributed by atoms with van der Waals surface area (Å²) >= 11 is 0. The van der Waals surface area contributed by atoms with Gasteiger partial charge in [-0.05, 0) is 29.5 Å². The van der Waals surface area contributed by atoms with E-state index in [0.717, 1.165) is 24.4 Å². The number of fused-ring (bicyclic) bond motifs is 2. The fourth-order valence-electron chi connectivity index (χ4n) is 4.19. The number of carbonyl (C=O) groups is 3. The molecule has 3 aliphatic heterocycles. The Kier molecular flexibility index (Phi) is 5.38. The van der Waals surface area contributed by atoms with E-state index in [2.05, 4.69) is 22.0 Å². The van der Waals surface area contributed by atoms with Crippen LogP contribution in [0.25, 0.3) is 0 Å². The van der Waals surface area contributed by atoms with Crippen LogP contribution in [0.5, 0.6) is 0 Å². The zero-order chi connectivity index (χ0) is 21.4. The summed E-state index contributed by atoms with van der Waals surface area (Å²) in [6, 6.07) is 7.11. The van der Waals surface area contributed by atoms with Crippen molar-refractivity contribution in [2.75, 3.05) is 40.3 Å². The molecule has 0 aromatic heterocycles. The van der Waals surface area contributed by atoms with Crippen LogP contribution in [0.15, 0.2) is 29.3 Å². The zero-order valence-corrected chi connectivity index (χ0v) is 17.5. The number of benzene rings is 1. The van der Waals surface area contributed by atoms with E-state index in [1.807, 2.05) is 12.1 Å². The second kappa shape index (κ2) is 7.98. The standard InChI is InChI=1S/C21H26N5O4/c1-4-30-17(27)13-26-16(12-25-10-9-14-7-5-6-8-15(14)11-25)22-19-18(26)20(28)24(3)21(29)23(19)2/h5-8,18H,4,9-13H2,1-3H3/q+1. The Bertz CT molecular complexity index is 970. The third-order valence-corrected chi connectivity index (χ3v) is 5.79. The number of amidine groups is 2. The minimum Gasteiger partial charge on any atom is -0.463 e. The van der Waals surface area contributed by atoms with Gasteiger partial charge in [0.25, 0.3) is 17.8 Å². The number of ether oxygens (including phenoxy) is 1. The molecule has 1 saturated heterocycles. The van der Waals surface area contributed by atoms with Crippen LogP contribution in [0.3, 0.4) is 0 Å². The number of carbonyl (C=O) groups excluding carboxylic acids is 3. The molecule has 0 aliphatic carbocycles. The van der Waals surface area contributed by atoms with E-state index in [1.165, 1.54) is 23.1 Å². The Morgan fingerprint density at radius 1 is 1.20 bits per heavy atom. The summed E-state index contributed by atoms with van der Waals surface area (Å²) in [5.74, 6) is 0.149. The highest BCUT2D eigenvalue weighted by atomic mass is 16.5. The molecule has 3 amide bonds. The van der Waals surface area contributed by atoms with Crippen LogP contribution in [-0.4, -0.2) is 95.2 Å². The number of hydrogen-bond acceptors (Lipinski definition) is 6. The van der Waals surface area contributed by atoms with Gasteiger partial charge in [-0.15, -0.1) is 0 Å². The predicted octanol–water partition coefficient (Wildman–Crippen LogP) is 0.323. The van der Waals surface area contributed by atoms with Crippen molar-refractivity contribution in [1.29, 1.82) is 0 Å². The molecule has 3 aliphatic rings. The average Bonchev–Trinajstić information content (AvgIpc) is 3.08. The first kappa shape index (κ1) is 20.2. The zero-order valence-electron chi connectivity index (χ0n) is 17.5. The third-order valence-electron chi connectivity index (χ3n) is 5.79. The van der Waals surface area contributed by atoms with Gasteiger partial charge in [0, 0.05) is 27.2 Å². The Labute approximate surface area is 175 Å². The van der Waals surface area contributed by atoms with Gasteiger partial charge in [0.15, 0.2) is 6.54 Å². The Morgan fingerprint density at radius 3 is 2.67 bits per heavy atom. The number of amides is 3. The molecule has 1 fully saturated rings. The van der Waals surface area contributed by atoms with Crippen LogP contribution < -0.4 is 0 Å². The molecule has 3 heterocycles. The summed E-state index contributed by atoms with van der Waals surface area (Å²) in [6.45, 7) is 4.01. The van der Waals surface area contributed by atoms with Crippen molar-refractivity contribution >= 4 is 29.6 Å². The second-order valence-electron chi connectivity index (χ2n) is 7.69. The Hall–Kier alpha value is -3.07. The number of hydrogen-bond donors (Lipinski definition) is 0. The average molecular weight is 412 g/mol. The molecule has 1 unspecified atom stereocenters. The molecule has 4 rings (SSSR count). The molecule has 0 spiro atoms. The van der Waals surface area contributed by atoms with E-state index in [4.69, 9.17) is 4.74 Å². The molecule has 9 nitrogen and oxygen atoms in total. The molecule has 9 heteroatoms. The SMILES string of the molecule is CCOC(=O)C[N+]1=C(CN2CCc3ccccc3C2)N=C2C1C(=O)N(C)C(=O)N2C. The minimum atomic E-state index is -0.797. The lowest BCUT2D eigenvalue weighted by atomic mass is 10.00. The van der Waals surface area contributed by atoms with E-state index in [9.17, 15) is 14.4 Å². The van der Waals surface area contributed by atoms with Crippen molar-refractivity contribution in [3.8, 4) is 0 Å². The quantitative estimate of drug-likeness (QED) is 0.514. The topological polar surface area (TPSA) is 85.5 Å². The molecule has 0 saturated carbocycles. The van der Waals surface area contributed by atoms with Crippen LogP contribution in [0.1, 0.15) is 18.1 Å². The van der Waals surface area contributed by atoms with Gasteiger partial charge in [-0.25, -0.2) is 14.2 Å². The maximum absolute atomic E-state index is 12.9. The number of likely N-dealkylation sites (N-methyl/N-ethyl adjacent to an activating group) is 2. The number of nitrogens with zero attached hydrogens (tertiary/aromatic N) is 5. The maximum Gasteiger partial charge on any atom is 0.348 e. The summed E-state index contributed by atoms with van der Waals surface area (Å²) in [4.78, 5) is 46.8. The highest BCUT2D eigenvalue weighted by molar-refractivity contribution is 6.23. The van der Waals surface area contributed by atoms with E-state index in [0.29, 0.717) is 18.2 Å². The first-order valence-corrected chi connectivity index (χ1v) is 10.1. The van der Waals surface area contributed by atoms with Gasteiger partial charge in [0.05, 0.1) is 6.61 Å². The summed E-state index contributed by atoms with van der Waals surface area (Å²) < 4.78 is 6.79. The van der Waals surface area contributed by atoms with E-state index >= 15 is 0 Å². The fourth-order valence-corrected chi connectivity index (χ4v) is 4.19. The van der Waals surface area contributed by atoms with E-state index in [-0.39, 0.29) is 19.1 Å². The van der Waals surface area contributed by atoms with Crippen LogP contribution >= 0.6 is 0 Å². The van der Waals surface area contributed by atoms with E-state index < -0.39 is 18.0 Å². The van der Waals surface area contributed by atoms with Crippen molar-refractivity contribution in [2.45, 2.75) is 25.9 Å². The lowest BCUT2D eigenvalue weighted by Gasteiger charge is -2.30. The molecule has 1 atom stereocenters. The van der Waals surface area contributed by atoms with Crippen LogP contribution in [0, 0.1) is 0 Å². The van der Waals surface area contributed by atoms with Gasteiger partial charge >= 0.3 is 17.8 Å². The monoisotopic (exact) mass is 412 g/mol. The molecule has 1 aromatic rings. The number of rotatable bonds is 5. The fraction of sp³-hybridized carbons (Fsp3) is 0.476. The predicted molar refractivity (Wildman–Crippen MR) is 109 cm³/mol. The molecular formula is C21H26N5O4+. The highest BCUT2D eigenvalue weighted by Gasteiger charge is 2.53. The molecule has 0 N–H and O–H groups in total. The summed E-state index contributed by atoms with van der Waals surface area (Å²) in [7, 11) is 3.04. The number of aliphatic imine (C=N–C) groups is 1. The van der Waals surface area contributed by atoms with Crippen molar-refractivity contribution < 1.29 is 23.7 Å². The maximum atomic E-state index is 12.9. The second-order valence-corrected chi connectivity index (χ2v) is 7.69. The largest absolute Gasteiger partial charge is 0.463 e. The Balaban J connectivity index is 1.64. The summed E-state index contributed by atoms with van der Waals surface area (Å²) in [5.41, 5.74) is 2.61. The molecule has 1 aromatic carbocycles. The van der Waals surface area contributed by atoms with Crippen LogP contribution in [0.2, 0.25) is 0 Å². The highest BCUT2D eigenvalue weighted by Crippen LogP contribution is 2.22. The van der Waals surface area contributed by atoms with Crippen LogP contribution in [0.4, 0.5) is 4.79 Å². The van der Waals surface area contributed by atoms with Gasteiger partial charge in [0.1, 0.15) is 6.54 Å². The molecule has 158 valence electrons. The Morgan fingerprint density at radius 2 is 1.93 bits per heavy atom. The van der Waals surface area contributed by atoms with Crippen molar-refractivity contribution in [1.82, 2.24) is 14.7 Å². The summed E-state index contributed by atoms with van der Waals surface area (Å²) in [6.07, 6.45) is 0.932.